The molecule has 1 amide bonds. The zero-order valence-electron chi connectivity index (χ0n) is 15.0. The highest BCUT2D eigenvalue weighted by Crippen LogP contribution is 2.26. The molecule has 0 spiro atoms. The molecule has 2 rings (SSSR count). The topological polar surface area (TPSA) is 45.2 Å². The lowest BCUT2D eigenvalue weighted by molar-refractivity contribution is -0.126. The number of nitrogens with one attached hydrogen (secondary N) is 1. The van der Waals surface area contributed by atoms with Gasteiger partial charge in [-0.15, -0.1) is 11.3 Å². The highest BCUT2D eigenvalue weighted by Gasteiger charge is 2.26. The number of piperidine rings is 1. The molecule has 130 valence electrons. The van der Waals surface area contributed by atoms with Gasteiger partial charge in [-0.2, -0.15) is 0 Å². The molecule has 0 bridgehead atoms. The molecule has 0 saturated carbocycles. The first-order valence-corrected chi connectivity index (χ1v) is 9.73. The standard InChI is InChI=1S/C18H31N3OS/c1-5-6-9-19-16(22)14-8-7-10-21(11-14)12-15-13-23-17(20-15)18(2,3)4/h13-14H,5-12H2,1-4H3,(H,19,22)/t14-/m1/s1. The molecule has 1 aliphatic heterocycles. The van der Waals surface area contributed by atoms with Crippen LogP contribution in [-0.2, 0) is 16.8 Å². The Kier molecular flexibility index (Phi) is 6.60. The van der Waals surface area contributed by atoms with E-state index in [1.54, 1.807) is 11.3 Å². The molecule has 0 aliphatic carbocycles. The molecule has 1 aliphatic rings. The summed E-state index contributed by atoms with van der Waals surface area (Å²) in [6.07, 6.45) is 4.30. The summed E-state index contributed by atoms with van der Waals surface area (Å²) < 4.78 is 0. The number of aromatic nitrogens is 1. The summed E-state index contributed by atoms with van der Waals surface area (Å²) in [6.45, 7) is 12.4. The Labute approximate surface area is 144 Å². The number of amides is 1. The SMILES string of the molecule is CCCCNC(=O)[C@@H]1CCCN(Cc2csc(C(C)(C)C)n2)C1. The Hall–Kier alpha value is -0.940. The average molecular weight is 338 g/mol. The number of thiazole rings is 1. The van der Waals surface area contributed by atoms with Gasteiger partial charge in [-0.3, -0.25) is 9.69 Å². The van der Waals surface area contributed by atoms with Crippen molar-refractivity contribution in [2.24, 2.45) is 5.92 Å². The van der Waals surface area contributed by atoms with Crippen molar-refractivity contribution >= 4 is 17.2 Å². The largest absolute Gasteiger partial charge is 0.356 e. The maximum atomic E-state index is 12.3. The van der Waals surface area contributed by atoms with Crippen molar-refractivity contribution in [3.8, 4) is 0 Å². The van der Waals surface area contributed by atoms with E-state index >= 15 is 0 Å². The third-order valence-electron chi connectivity index (χ3n) is 4.28. The fourth-order valence-electron chi connectivity index (χ4n) is 2.90. The molecular formula is C18H31N3OS. The Morgan fingerprint density at radius 2 is 2.26 bits per heavy atom. The van der Waals surface area contributed by atoms with Crippen LogP contribution in [-0.4, -0.2) is 35.4 Å². The average Bonchev–Trinajstić information content (AvgIpc) is 2.96. The van der Waals surface area contributed by atoms with Gasteiger partial charge in [0.1, 0.15) is 0 Å². The number of carbonyl (C=O) groups excluding carboxylic acids is 1. The highest BCUT2D eigenvalue weighted by molar-refractivity contribution is 7.09. The predicted octanol–water partition coefficient (Wildman–Crippen LogP) is 3.57. The smallest absolute Gasteiger partial charge is 0.224 e. The Balaban J connectivity index is 1.86. The van der Waals surface area contributed by atoms with Crippen LogP contribution in [0.1, 0.15) is 64.1 Å². The molecule has 0 radical (unpaired) electrons. The summed E-state index contributed by atoms with van der Waals surface area (Å²) in [7, 11) is 0. The maximum Gasteiger partial charge on any atom is 0.224 e. The fourth-order valence-corrected chi connectivity index (χ4v) is 3.80. The van der Waals surface area contributed by atoms with E-state index in [2.05, 4.69) is 43.3 Å². The van der Waals surface area contributed by atoms with Crippen molar-refractivity contribution in [3.63, 3.8) is 0 Å². The molecule has 0 aromatic carbocycles. The zero-order valence-corrected chi connectivity index (χ0v) is 15.8. The monoisotopic (exact) mass is 337 g/mol. The zero-order chi connectivity index (χ0) is 16.9. The van der Waals surface area contributed by atoms with Crippen LogP contribution in [0.25, 0.3) is 0 Å². The van der Waals surface area contributed by atoms with Crippen LogP contribution in [0, 0.1) is 5.92 Å². The van der Waals surface area contributed by atoms with Crippen molar-refractivity contribution in [2.75, 3.05) is 19.6 Å². The van der Waals surface area contributed by atoms with Crippen LogP contribution < -0.4 is 5.32 Å². The number of rotatable bonds is 6. The molecule has 4 nitrogen and oxygen atoms in total. The van der Waals surface area contributed by atoms with E-state index in [1.807, 2.05) is 0 Å². The van der Waals surface area contributed by atoms with E-state index in [0.29, 0.717) is 0 Å². The minimum atomic E-state index is 0.118. The van der Waals surface area contributed by atoms with Gasteiger partial charge in [-0.05, 0) is 25.8 Å². The van der Waals surface area contributed by atoms with E-state index in [1.165, 1.54) is 5.01 Å². The molecule has 1 atom stereocenters. The van der Waals surface area contributed by atoms with Gasteiger partial charge in [0.2, 0.25) is 5.91 Å². The molecule has 1 N–H and O–H groups in total. The van der Waals surface area contributed by atoms with Crippen molar-refractivity contribution in [3.05, 3.63) is 16.1 Å². The molecule has 2 heterocycles. The summed E-state index contributed by atoms with van der Waals surface area (Å²) in [5, 5.41) is 6.45. The highest BCUT2D eigenvalue weighted by atomic mass is 32.1. The van der Waals surface area contributed by atoms with E-state index < -0.39 is 0 Å². The molecule has 1 aromatic rings. The quantitative estimate of drug-likeness (QED) is 0.807. The first kappa shape index (κ1) is 18.4. The Bertz CT molecular complexity index is 507. The number of unbranched alkanes of at least 4 members (excludes halogenated alkanes) is 1. The lowest BCUT2D eigenvalue weighted by atomic mass is 9.97. The maximum absolute atomic E-state index is 12.3. The molecule has 1 saturated heterocycles. The van der Waals surface area contributed by atoms with Gasteiger partial charge in [0.05, 0.1) is 16.6 Å². The molecule has 23 heavy (non-hydrogen) atoms. The van der Waals surface area contributed by atoms with Crippen LogP contribution in [0.15, 0.2) is 5.38 Å². The lowest BCUT2D eigenvalue weighted by Gasteiger charge is -2.31. The summed E-state index contributed by atoms with van der Waals surface area (Å²) in [5.74, 6) is 0.373. The van der Waals surface area contributed by atoms with E-state index in [0.717, 1.165) is 57.6 Å². The second-order valence-corrected chi connectivity index (χ2v) is 8.47. The van der Waals surface area contributed by atoms with Crippen LogP contribution in [0.4, 0.5) is 0 Å². The second kappa shape index (κ2) is 8.25. The van der Waals surface area contributed by atoms with E-state index in [9.17, 15) is 4.79 Å². The molecular weight excluding hydrogens is 306 g/mol. The first-order valence-electron chi connectivity index (χ1n) is 8.85. The van der Waals surface area contributed by atoms with E-state index in [4.69, 9.17) is 4.98 Å². The van der Waals surface area contributed by atoms with Crippen molar-refractivity contribution < 1.29 is 4.79 Å². The summed E-state index contributed by atoms with van der Waals surface area (Å²) in [6, 6.07) is 0. The van der Waals surface area contributed by atoms with Crippen LogP contribution in [0.5, 0.6) is 0 Å². The van der Waals surface area contributed by atoms with Gasteiger partial charge in [0.15, 0.2) is 0 Å². The number of hydrogen-bond acceptors (Lipinski definition) is 4. The van der Waals surface area contributed by atoms with Gasteiger partial charge in [-0.1, -0.05) is 34.1 Å². The summed E-state index contributed by atoms with van der Waals surface area (Å²) in [4.78, 5) is 19.4. The Morgan fingerprint density at radius 3 is 2.91 bits per heavy atom. The third kappa shape index (κ3) is 5.57. The summed E-state index contributed by atoms with van der Waals surface area (Å²) >= 11 is 1.75. The lowest BCUT2D eigenvalue weighted by Crippen LogP contribution is -2.42. The second-order valence-electron chi connectivity index (χ2n) is 7.61. The number of hydrogen-bond donors (Lipinski definition) is 1. The molecule has 1 aromatic heterocycles. The van der Waals surface area contributed by atoms with Crippen LogP contribution in [0.3, 0.4) is 0 Å². The molecule has 0 unspecified atom stereocenters. The van der Waals surface area contributed by atoms with Crippen molar-refractivity contribution in [2.45, 2.75) is 65.3 Å². The Morgan fingerprint density at radius 1 is 1.48 bits per heavy atom. The molecule has 5 heteroatoms. The van der Waals surface area contributed by atoms with Crippen LogP contribution >= 0.6 is 11.3 Å². The third-order valence-corrected chi connectivity index (χ3v) is 5.60. The minimum Gasteiger partial charge on any atom is -0.356 e. The van der Waals surface area contributed by atoms with Gasteiger partial charge in [0, 0.05) is 30.4 Å². The van der Waals surface area contributed by atoms with Gasteiger partial charge in [0.25, 0.3) is 0 Å². The number of nitrogens with zero attached hydrogens (tertiary/aromatic N) is 2. The number of carbonyl (C=O) groups is 1. The van der Waals surface area contributed by atoms with E-state index in [-0.39, 0.29) is 17.2 Å². The van der Waals surface area contributed by atoms with Gasteiger partial charge >= 0.3 is 0 Å². The van der Waals surface area contributed by atoms with Gasteiger partial charge in [-0.25, -0.2) is 4.98 Å². The first-order chi connectivity index (χ1) is 10.9. The van der Waals surface area contributed by atoms with Crippen LogP contribution in [0.2, 0.25) is 0 Å². The number of likely N-dealkylation sites (tertiary alicyclic amines) is 1. The van der Waals surface area contributed by atoms with Crippen molar-refractivity contribution in [1.82, 2.24) is 15.2 Å². The van der Waals surface area contributed by atoms with Crippen molar-refractivity contribution in [1.29, 1.82) is 0 Å². The molecule has 1 fully saturated rings. The summed E-state index contributed by atoms with van der Waals surface area (Å²) in [5.41, 5.74) is 1.26. The minimum absolute atomic E-state index is 0.118. The van der Waals surface area contributed by atoms with Gasteiger partial charge < -0.3 is 5.32 Å². The predicted molar refractivity (Wildman–Crippen MR) is 96.7 cm³/mol. The fraction of sp³-hybridized carbons (Fsp3) is 0.778. The normalized spacial score (nSPS) is 19.7.